The van der Waals surface area contributed by atoms with Crippen LogP contribution in [0.2, 0.25) is 0 Å². The van der Waals surface area contributed by atoms with Crippen LogP contribution in [0.3, 0.4) is 0 Å². The van der Waals surface area contributed by atoms with Gasteiger partial charge in [0.15, 0.2) is 0 Å². The van der Waals surface area contributed by atoms with E-state index in [9.17, 15) is 4.79 Å². The SMILES string of the molecule is NNC(=O)C(CN(CCO)CCO)c1ccccc1. The van der Waals surface area contributed by atoms with Crippen LogP contribution in [0.5, 0.6) is 0 Å². The van der Waals surface area contributed by atoms with E-state index >= 15 is 0 Å². The fraction of sp³-hybridized carbons (Fsp3) is 0.462. The van der Waals surface area contributed by atoms with E-state index in [0.717, 1.165) is 5.56 Å². The fourth-order valence-corrected chi connectivity index (χ4v) is 1.96. The minimum atomic E-state index is -0.427. The average Bonchev–Trinajstić information content (AvgIpc) is 2.45. The van der Waals surface area contributed by atoms with E-state index in [1.54, 1.807) is 0 Å². The van der Waals surface area contributed by atoms with Crippen molar-refractivity contribution < 1.29 is 15.0 Å². The lowest BCUT2D eigenvalue weighted by Crippen LogP contribution is -2.42. The quantitative estimate of drug-likeness (QED) is 0.276. The van der Waals surface area contributed by atoms with Crippen molar-refractivity contribution in [3.05, 3.63) is 35.9 Å². The van der Waals surface area contributed by atoms with Crippen molar-refractivity contribution >= 4 is 5.91 Å². The second-order valence-corrected chi connectivity index (χ2v) is 4.22. The van der Waals surface area contributed by atoms with Gasteiger partial charge in [-0.1, -0.05) is 30.3 Å². The van der Waals surface area contributed by atoms with Gasteiger partial charge < -0.3 is 10.2 Å². The summed E-state index contributed by atoms with van der Waals surface area (Å²) in [6.45, 7) is 1.16. The van der Waals surface area contributed by atoms with Gasteiger partial charge in [-0.05, 0) is 5.56 Å². The number of aliphatic hydroxyl groups excluding tert-OH is 2. The first-order valence-electron chi connectivity index (χ1n) is 6.22. The van der Waals surface area contributed by atoms with Gasteiger partial charge >= 0.3 is 0 Å². The molecule has 6 nitrogen and oxygen atoms in total. The third kappa shape index (κ3) is 4.96. The van der Waals surface area contributed by atoms with Crippen molar-refractivity contribution in [1.82, 2.24) is 10.3 Å². The number of hydrogen-bond donors (Lipinski definition) is 4. The molecular weight excluding hydrogens is 246 g/mol. The highest BCUT2D eigenvalue weighted by molar-refractivity contribution is 5.83. The molecule has 0 saturated heterocycles. The molecule has 0 radical (unpaired) electrons. The molecule has 0 bridgehead atoms. The van der Waals surface area contributed by atoms with Gasteiger partial charge in [-0.2, -0.15) is 0 Å². The molecule has 0 aliphatic heterocycles. The zero-order valence-corrected chi connectivity index (χ0v) is 10.8. The Kier molecular flexibility index (Phi) is 7.06. The Morgan fingerprint density at radius 3 is 2.26 bits per heavy atom. The Labute approximate surface area is 112 Å². The van der Waals surface area contributed by atoms with Crippen molar-refractivity contribution in [2.24, 2.45) is 5.84 Å². The Morgan fingerprint density at radius 1 is 1.21 bits per heavy atom. The highest BCUT2D eigenvalue weighted by atomic mass is 16.3. The van der Waals surface area contributed by atoms with E-state index in [4.69, 9.17) is 16.1 Å². The molecule has 1 aromatic carbocycles. The summed E-state index contributed by atoms with van der Waals surface area (Å²) in [7, 11) is 0. The summed E-state index contributed by atoms with van der Waals surface area (Å²) in [5.74, 6) is 4.51. The van der Waals surface area contributed by atoms with Crippen LogP contribution in [0.1, 0.15) is 11.5 Å². The van der Waals surface area contributed by atoms with Crippen LogP contribution in [0.4, 0.5) is 0 Å². The number of aliphatic hydroxyl groups is 2. The molecule has 19 heavy (non-hydrogen) atoms. The van der Waals surface area contributed by atoms with E-state index < -0.39 is 5.92 Å². The number of carbonyl (C=O) groups is 1. The molecule has 0 heterocycles. The molecule has 1 amide bonds. The molecule has 1 atom stereocenters. The third-order valence-corrected chi connectivity index (χ3v) is 2.93. The maximum atomic E-state index is 11.9. The van der Waals surface area contributed by atoms with E-state index in [1.165, 1.54) is 0 Å². The zero-order valence-electron chi connectivity index (χ0n) is 10.8. The zero-order chi connectivity index (χ0) is 14.1. The average molecular weight is 267 g/mol. The summed E-state index contributed by atoms with van der Waals surface area (Å²) in [6, 6.07) is 9.30. The molecule has 0 fully saturated rings. The van der Waals surface area contributed by atoms with E-state index in [2.05, 4.69) is 5.43 Å². The van der Waals surface area contributed by atoms with Gasteiger partial charge in [0.2, 0.25) is 5.91 Å². The summed E-state index contributed by atoms with van der Waals surface area (Å²) in [5, 5.41) is 18.0. The van der Waals surface area contributed by atoms with Crippen LogP contribution in [0.25, 0.3) is 0 Å². The molecule has 5 N–H and O–H groups in total. The van der Waals surface area contributed by atoms with E-state index in [1.807, 2.05) is 35.2 Å². The predicted octanol–water partition coefficient (Wildman–Crippen LogP) is -0.953. The maximum Gasteiger partial charge on any atom is 0.242 e. The lowest BCUT2D eigenvalue weighted by atomic mass is 9.97. The number of rotatable bonds is 8. The fourth-order valence-electron chi connectivity index (χ4n) is 1.96. The standard InChI is InChI=1S/C13H21N3O3/c14-15-13(19)12(11-4-2-1-3-5-11)10-16(6-8-17)7-9-18/h1-5,12,17-18H,6-10,14H2,(H,15,19). The van der Waals surface area contributed by atoms with E-state index in [0.29, 0.717) is 19.6 Å². The number of hydrogen-bond acceptors (Lipinski definition) is 5. The van der Waals surface area contributed by atoms with Crippen molar-refractivity contribution in [2.45, 2.75) is 5.92 Å². The van der Waals surface area contributed by atoms with Gasteiger partial charge in [-0.3, -0.25) is 15.1 Å². The van der Waals surface area contributed by atoms with E-state index in [-0.39, 0.29) is 19.1 Å². The predicted molar refractivity (Wildman–Crippen MR) is 72.1 cm³/mol. The monoisotopic (exact) mass is 267 g/mol. The summed E-state index contributed by atoms with van der Waals surface area (Å²) < 4.78 is 0. The summed E-state index contributed by atoms with van der Waals surface area (Å²) in [4.78, 5) is 13.7. The number of benzene rings is 1. The lowest BCUT2D eigenvalue weighted by Gasteiger charge is -2.25. The van der Waals surface area contributed by atoms with Crippen molar-refractivity contribution in [3.8, 4) is 0 Å². The molecule has 1 aromatic rings. The van der Waals surface area contributed by atoms with Crippen LogP contribution in [-0.4, -0.2) is 53.9 Å². The number of amides is 1. The number of nitrogens with one attached hydrogen (secondary N) is 1. The molecule has 106 valence electrons. The number of carbonyl (C=O) groups excluding carboxylic acids is 1. The topological polar surface area (TPSA) is 98.8 Å². The Balaban J connectivity index is 2.82. The van der Waals surface area contributed by atoms with Crippen LogP contribution in [0, 0.1) is 0 Å². The van der Waals surface area contributed by atoms with Gasteiger partial charge in [0.25, 0.3) is 0 Å². The van der Waals surface area contributed by atoms with Gasteiger partial charge in [0.1, 0.15) is 0 Å². The normalized spacial score (nSPS) is 12.4. The summed E-state index contributed by atoms with van der Waals surface area (Å²) >= 11 is 0. The molecule has 0 aliphatic rings. The first-order chi connectivity index (χ1) is 9.22. The second kappa shape index (κ2) is 8.60. The smallest absolute Gasteiger partial charge is 0.242 e. The molecule has 0 aliphatic carbocycles. The summed E-state index contributed by atoms with van der Waals surface area (Å²) in [5.41, 5.74) is 3.02. The van der Waals surface area contributed by atoms with Crippen LogP contribution >= 0.6 is 0 Å². The van der Waals surface area contributed by atoms with Crippen LogP contribution < -0.4 is 11.3 Å². The number of nitrogens with zero attached hydrogens (tertiary/aromatic N) is 1. The van der Waals surface area contributed by atoms with Gasteiger partial charge in [0.05, 0.1) is 19.1 Å². The lowest BCUT2D eigenvalue weighted by molar-refractivity contribution is -0.123. The molecule has 0 saturated carbocycles. The van der Waals surface area contributed by atoms with Crippen LogP contribution in [0.15, 0.2) is 30.3 Å². The minimum absolute atomic E-state index is 0.0221. The Hall–Kier alpha value is -1.47. The third-order valence-electron chi connectivity index (χ3n) is 2.93. The molecule has 6 heteroatoms. The highest BCUT2D eigenvalue weighted by Crippen LogP contribution is 2.17. The Morgan fingerprint density at radius 2 is 1.79 bits per heavy atom. The largest absolute Gasteiger partial charge is 0.395 e. The number of nitrogens with two attached hydrogens (primary N) is 1. The molecule has 1 rings (SSSR count). The second-order valence-electron chi connectivity index (χ2n) is 4.22. The molecule has 1 unspecified atom stereocenters. The molecule has 0 spiro atoms. The highest BCUT2D eigenvalue weighted by Gasteiger charge is 2.22. The van der Waals surface area contributed by atoms with Gasteiger partial charge in [0, 0.05) is 19.6 Å². The van der Waals surface area contributed by atoms with Gasteiger partial charge in [-0.25, -0.2) is 5.84 Å². The minimum Gasteiger partial charge on any atom is -0.395 e. The summed E-state index contributed by atoms with van der Waals surface area (Å²) in [6.07, 6.45) is 0. The van der Waals surface area contributed by atoms with Crippen LogP contribution in [-0.2, 0) is 4.79 Å². The molecule has 0 aromatic heterocycles. The first-order valence-corrected chi connectivity index (χ1v) is 6.22. The molecular formula is C13H21N3O3. The van der Waals surface area contributed by atoms with Crippen molar-refractivity contribution in [1.29, 1.82) is 0 Å². The Bertz CT molecular complexity index is 367. The first kappa shape index (κ1) is 15.6. The number of hydrazine groups is 1. The van der Waals surface area contributed by atoms with Crippen molar-refractivity contribution in [2.75, 3.05) is 32.8 Å². The maximum absolute atomic E-state index is 11.9. The van der Waals surface area contributed by atoms with Gasteiger partial charge in [-0.15, -0.1) is 0 Å². The van der Waals surface area contributed by atoms with Crippen molar-refractivity contribution in [3.63, 3.8) is 0 Å².